The number of nitrogens with one attached hydrogen (secondary N) is 1. The summed E-state index contributed by atoms with van der Waals surface area (Å²) in [5.74, 6) is 0.547. The molecule has 6 heteroatoms. The van der Waals surface area contributed by atoms with Crippen LogP contribution in [0.25, 0.3) is 16.6 Å². The van der Waals surface area contributed by atoms with Crippen LogP contribution in [-0.4, -0.2) is 28.8 Å². The second-order valence-electron chi connectivity index (χ2n) is 7.36. The minimum atomic E-state index is -0.180. The number of fused-ring (bicyclic) bond motifs is 1. The Morgan fingerprint density at radius 1 is 1.13 bits per heavy atom. The van der Waals surface area contributed by atoms with Crippen molar-refractivity contribution >= 4 is 23.0 Å². The number of aryl methyl sites for hydroxylation is 1. The van der Waals surface area contributed by atoms with Gasteiger partial charge < -0.3 is 9.30 Å². The van der Waals surface area contributed by atoms with E-state index in [4.69, 9.17) is 4.74 Å². The number of amides is 1. The molecular weight excluding hydrogens is 388 g/mol. The van der Waals surface area contributed by atoms with Gasteiger partial charge in [0.2, 0.25) is 5.91 Å². The molecule has 2 aromatic carbocycles. The van der Waals surface area contributed by atoms with Crippen molar-refractivity contribution in [3.8, 4) is 11.4 Å². The van der Waals surface area contributed by atoms with Gasteiger partial charge in [-0.15, -0.1) is 0 Å². The highest BCUT2D eigenvalue weighted by Crippen LogP contribution is 2.23. The summed E-state index contributed by atoms with van der Waals surface area (Å²) in [6.45, 7) is 4.10. The Bertz CT molecular complexity index is 1270. The summed E-state index contributed by atoms with van der Waals surface area (Å²) < 4.78 is 7.37. The molecule has 4 aromatic rings. The van der Waals surface area contributed by atoms with Gasteiger partial charge in [0.1, 0.15) is 5.75 Å². The molecule has 0 spiro atoms. The van der Waals surface area contributed by atoms with Crippen molar-refractivity contribution < 1.29 is 9.53 Å². The van der Waals surface area contributed by atoms with E-state index in [1.807, 2.05) is 43.3 Å². The molecular formula is C25H24N4O2. The van der Waals surface area contributed by atoms with Crippen LogP contribution in [-0.2, 0) is 11.2 Å². The van der Waals surface area contributed by atoms with E-state index in [-0.39, 0.29) is 12.3 Å². The van der Waals surface area contributed by atoms with Crippen LogP contribution in [0.3, 0.4) is 0 Å². The normalized spacial score (nSPS) is 11.2. The number of rotatable bonds is 6. The Morgan fingerprint density at radius 3 is 2.84 bits per heavy atom. The topological polar surface area (TPSA) is 68.5 Å². The molecule has 0 aliphatic rings. The number of hydrogen-bond acceptors (Lipinski definition) is 4. The Morgan fingerprint density at radius 2 is 2.00 bits per heavy atom. The first-order valence-electron chi connectivity index (χ1n) is 10.0. The molecule has 0 unspecified atom stereocenters. The number of hydrazone groups is 1. The first-order chi connectivity index (χ1) is 15.0. The molecule has 0 fully saturated rings. The number of carbonyl (C=O) groups is 1. The first kappa shape index (κ1) is 20.3. The van der Waals surface area contributed by atoms with E-state index < -0.39 is 0 Å². The Balaban J connectivity index is 1.49. The highest BCUT2D eigenvalue weighted by molar-refractivity contribution is 5.85. The van der Waals surface area contributed by atoms with Crippen molar-refractivity contribution in [2.75, 3.05) is 7.11 Å². The Kier molecular flexibility index (Phi) is 5.80. The monoisotopic (exact) mass is 412 g/mol. The average Bonchev–Trinajstić information content (AvgIpc) is 3.06. The van der Waals surface area contributed by atoms with Crippen molar-refractivity contribution in [1.29, 1.82) is 0 Å². The SMILES string of the molecule is COc1cccc(CC(=O)N/N=C/c2cc(C)n(-c3ccc4ncccc4c3)c2C)c1. The van der Waals surface area contributed by atoms with Crippen LogP contribution in [0.2, 0.25) is 0 Å². The van der Waals surface area contributed by atoms with E-state index in [9.17, 15) is 4.79 Å². The molecule has 2 heterocycles. The van der Waals surface area contributed by atoms with Gasteiger partial charge in [-0.05, 0) is 61.9 Å². The van der Waals surface area contributed by atoms with Gasteiger partial charge >= 0.3 is 0 Å². The quantitative estimate of drug-likeness (QED) is 0.378. The van der Waals surface area contributed by atoms with Gasteiger partial charge in [-0.2, -0.15) is 5.10 Å². The largest absolute Gasteiger partial charge is 0.497 e. The number of ether oxygens (including phenoxy) is 1. The predicted octanol–water partition coefficient (Wildman–Crippen LogP) is 4.34. The maximum absolute atomic E-state index is 12.2. The lowest BCUT2D eigenvalue weighted by molar-refractivity contribution is -0.120. The molecule has 4 rings (SSSR count). The van der Waals surface area contributed by atoms with Crippen molar-refractivity contribution in [1.82, 2.24) is 15.0 Å². The van der Waals surface area contributed by atoms with E-state index in [0.29, 0.717) is 0 Å². The lowest BCUT2D eigenvalue weighted by atomic mass is 10.1. The average molecular weight is 412 g/mol. The number of nitrogens with zero attached hydrogens (tertiary/aromatic N) is 3. The molecule has 0 aliphatic heterocycles. The van der Waals surface area contributed by atoms with Crippen LogP contribution in [0.4, 0.5) is 0 Å². The number of aromatic nitrogens is 2. The second kappa shape index (κ2) is 8.83. The van der Waals surface area contributed by atoms with E-state index in [2.05, 4.69) is 51.3 Å². The Labute approximate surface area is 181 Å². The third kappa shape index (κ3) is 4.48. The maximum atomic E-state index is 12.2. The summed E-state index contributed by atoms with van der Waals surface area (Å²) >= 11 is 0. The molecule has 0 saturated heterocycles. The summed E-state index contributed by atoms with van der Waals surface area (Å²) in [6.07, 6.45) is 3.72. The highest BCUT2D eigenvalue weighted by Gasteiger charge is 2.10. The van der Waals surface area contributed by atoms with Crippen molar-refractivity contribution in [2.24, 2.45) is 5.10 Å². The summed E-state index contributed by atoms with van der Waals surface area (Å²) in [5.41, 5.74) is 8.60. The van der Waals surface area contributed by atoms with E-state index in [0.717, 1.165) is 44.9 Å². The van der Waals surface area contributed by atoms with Gasteiger partial charge in [0.15, 0.2) is 0 Å². The summed E-state index contributed by atoms with van der Waals surface area (Å²) in [7, 11) is 1.61. The zero-order valence-corrected chi connectivity index (χ0v) is 17.8. The van der Waals surface area contributed by atoms with Crippen LogP contribution >= 0.6 is 0 Å². The third-order valence-electron chi connectivity index (χ3n) is 5.21. The van der Waals surface area contributed by atoms with Gasteiger partial charge in [0, 0.05) is 34.2 Å². The third-order valence-corrected chi connectivity index (χ3v) is 5.21. The zero-order chi connectivity index (χ0) is 21.8. The van der Waals surface area contributed by atoms with Crippen molar-refractivity contribution in [3.63, 3.8) is 0 Å². The molecule has 31 heavy (non-hydrogen) atoms. The van der Waals surface area contributed by atoms with Gasteiger partial charge in [-0.1, -0.05) is 18.2 Å². The summed E-state index contributed by atoms with van der Waals surface area (Å²) in [5, 5.41) is 5.25. The summed E-state index contributed by atoms with van der Waals surface area (Å²) in [6, 6.07) is 19.7. The predicted molar refractivity (Wildman–Crippen MR) is 123 cm³/mol. The van der Waals surface area contributed by atoms with E-state index in [1.54, 1.807) is 19.5 Å². The molecule has 0 radical (unpaired) electrons. The molecule has 0 aliphatic carbocycles. The molecule has 156 valence electrons. The summed E-state index contributed by atoms with van der Waals surface area (Å²) in [4.78, 5) is 16.6. The molecule has 1 N–H and O–H groups in total. The second-order valence-corrected chi connectivity index (χ2v) is 7.36. The van der Waals surface area contributed by atoms with Gasteiger partial charge in [-0.3, -0.25) is 9.78 Å². The number of hydrogen-bond donors (Lipinski definition) is 1. The number of pyridine rings is 1. The maximum Gasteiger partial charge on any atom is 0.244 e. The fourth-order valence-corrected chi connectivity index (χ4v) is 3.70. The highest BCUT2D eigenvalue weighted by atomic mass is 16.5. The van der Waals surface area contributed by atoms with Gasteiger partial charge in [0.05, 0.1) is 25.3 Å². The van der Waals surface area contributed by atoms with Gasteiger partial charge in [0.25, 0.3) is 0 Å². The minimum Gasteiger partial charge on any atom is -0.497 e. The van der Waals surface area contributed by atoms with Gasteiger partial charge in [-0.25, -0.2) is 5.43 Å². The van der Waals surface area contributed by atoms with Crippen LogP contribution in [0.15, 0.2) is 72.0 Å². The number of carbonyl (C=O) groups excluding carboxylic acids is 1. The Hall–Kier alpha value is -3.93. The fraction of sp³-hybridized carbons (Fsp3) is 0.160. The first-order valence-corrected chi connectivity index (χ1v) is 10.0. The van der Waals surface area contributed by atoms with E-state index >= 15 is 0 Å². The van der Waals surface area contributed by atoms with Crippen molar-refractivity contribution in [2.45, 2.75) is 20.3 Å². The molecule has 6 nitrogen and oxygen atoms in total. The standard InChI is InChI=1S/C25H24N4O2/c1-17-12-21(16-27-28-25(30)14-19-6-4-8-23(13-19)31-3)18(2)29(17)22-9-10-24-20(15-22)7-5-11-26-24/h4-13,15-16H,14H2,1-3H3,(H,28,30)/b27-16+. The lowest BCUT2D eigenvalue weighted by Crippen LogP contribution is -2.19. The molecule has 0 bridgehead atoms. The lowest BCUT2D eigenvalue weighted by Gasteiger charge is -2.10. The van der Waals surface area contributed by atoms with Crippen LogP contribution < -0.4 is 10.2 Å². The smallest absolute Gasteiger partial charge is 0.244 e. The molecule has 1 amide bonds. The number of methoxy groups -OCH3 is 1. The zero-order valence-electron chi connectivity index (χ0n) is 17.8. The van der Waals surface area contributed by atoms with Crippen LogP contribution in [0.1, 0.15) is 22.5 Å². The number of benzene rings is 2. The van der Waals surface area contributed by atoms with E-state index in [1.165, 1.54) is 0 Å². The molecule has 0 saturated carbocycles. The van der Waals surface area contributed by atoms with Crippen molar-refractivity contribution in [3.05, 3.63) is 89.4 Å². The molecule has 2 aromatic heterocycles. The van der Waals surface area contributed by atoms with Crippen LogP contribution in [0.5, 0.6) is 5.75 Å². The fourth-order valence-electron chi connectivity index (χ4n) is 3.70. The van der Waals surface area contributed by atoms with Crippen LogP contribution in [0, 0.1) is 13.8 Å². The minimum absolute atomic E-state index is 0.180. The molecule has 0 atom stereocenters.